The Labute approximate surface area is 373 Å². The lowest BCUT2D eigenvalue weighted by Gasteiger charge is -2.20. The first kappa shape index (κ1) is 59.1. The number of nitrogens with two attached hydrogens (primary N) is 1. The molecular weight excluding hydrogens is 813 g/mol. The number of ether oxygens (including phenoxy) is 2. The molecule has 0 radical (unpaired) electrons. The Bertz CT molecular complexity index is 1320. The van der Waals surface area contributed by atoms with Crippen molar-refractivity contribution in [1.82, 2.24) is 0 Å². The Hall–Kier alpha value is -2.90. The number of carbonyl (C=O) groups excluding carboxylic acids is 2. The normalized spacial score (nSPS) is 15.2. The maximum atomic E-state index is 12.7. The van der Waals surface area contributed by atoms with Crippen LogP contribution in [0.15, 0.2) is 60.8 Å². The Balaban J connectivity index is 4.55. The SMILES string of the molecule is CCCCC/C=C\C/C=C\C/C=C\CC(O)C(O)CCCC(=O)O[C@H](COC(=O)CCCCCCCCCCC/C=C\C/C=C\CCCCC)COP(=O)(O)OC[C@H](N)C(=O)O. The first-order valence-electron chi connectivity index (χ1n) is 23.5. The summed E-state index contributed by atoms with van der Waals surface area (Å²) in [6.45, 7) is 2.45. The van der Waals surface area contributed by atoms with E-state index in [0.29, 0.717) is 12.8 Å². The molecule has 0 bridgehead atoms. The van der Waals surface area contributed by atoms with E-state index in [1.54, 1.807) is 6.08 Å². The number of hydrogen-bond acceptors (Lipinski definition) is 11. The molecule has 6 N–H and O–H groups in total. The molecule has 0 aromatic carbocycles. The molecule has 3 unspecified atom stereocenters. The van der Waals surface area contributed by atoms with Gasteiger partial charge in [0.2, 0.25) is 0 Å². The molecule has 0 saturated carbocycles. The van der Waals surface area contributed by atoms with Crippen molar-refractivity contribution in [2.75, 3.05) is 19.8 Å². The largest absolute Gasteiger partial charge is 0.480 e. The zero-order valence-corrected chi connectivity index (χ0v) is 39.1. The molecule has 0 aromatic rings. The molecule has 0 fully saturated rings. The van der Waals surface area contributed by atoms with Crippen molar-refractivity contribution in [2.24, 2.45) is 5.73 Å². The highest BCUT2D eigenvalue weighted by Crippen LogP contribution is 2.43. The predicted molar refractivity (Wildman–Crippen MR) is 247 cm³/mol. The fraction of sp³-hybridized carbons (Fsp3) is 0.729. The second-order valence-corrected chi connectivity index (χ2v) is 17.3. The van der Waals surface area contributed by atoms with Gasteiger partial charge in [0, 0.05) is 12.8 Å². The van der Waals surface area contributed by atoms with E-state index < -0.39 is 69.9 Å². The van der Waals surface area contributed by atoms with Gasteiger partial charge in [-0.05, 0) is 83.5 Å². The van der Waals surface area contributed by atoms with Crippen molar-refractivity contribution >= 4 is 25.7 Å². The summed E-state index contributed by atoms with van der Waals surface area (Å²) in [5.41, 5.74) is 5.32. The molecule has 0 saturated heterocycles. The Morgan fingerprint density at radius 3 is 1.55 bits per heavy atom. The second kappa shape index (κ2) is 42.1. The number of aliphatic hydroxyl groups excluding tert-OH is 2. The van der Waals surface area contributed by atoms with E-state index in [0.717, 1.165) is 51.4 Å². The fourth-order valence-electron chi connectivity index (χ4n) is 6.08. The van der Waals surface area contributed by atoms with E-state index in [1.807, 2.05) is 12.2 Å². The summed E-state index contributed by atoms with van der Waals surface area (Å²) in [6, 6.07) is -1.57. The van der Waals surface area contributed by atoms with Crippen LogP contribution in [-0.4, -0.2) is 82.3 Å². The summed E-state index contributed by atoms with van der Waals surface area (Å²) >= 11 is 0. The number of aliphatic hydroxyl groups is 2. The van der Waals surface area contributed by atoms with Crippen molar-refractivity contribution in [3.8, 4) is 0 Å². The van der Waals surface area contributed by atoms with Crippen LogP contribution in [0.4, 0.5) is 0 Å². The molecule has 5 atom stereocenters. The second-order valence-electron chi connectivity index (χ2n) is 15.8. The zero-order chi connectivity index (χ0) is 45.9. The van der Waals surface area contributed by atoms with Gasteiger partial charge in [0.25, 0.3) is 0 Å². The van der Waals surface area contributed by atoms with Crippen LogP contribution in [0, 0.1) is 0 Å². The van der Waals surface area contributed by atoms with E-state index in [4.69, 9.17) is 24.8 Å². The molecule has 0 heterocycles. The average Bonchev–Trinajstić information content (AvgIpc) is 3.24. The maximum Gasteiger partial charge on any atom is 0.472 e. The first-order chi connectivity index (χ1) is 29.9. The maximum absolute atomic E-state index is 12.7. The van der Waals surface area contributed by atoms with E-state index in [9.17, 15) is 34.1 Å². The number of hydrogen-bond donors (Lipinski definition) is 5. The van der Waals surface area contributed by atoms with E-state index in [1.165, 1.54) is 70.6 Å². The molecule has 0 rings (SSSR count). The highest BCUT2D eigenvalue weighted by atomic mass is 31.2. The van der Waals surface area contributed by atoms with Crippen molar-refractivity contribution < 1.29 is 57.7 Å². The number of unbranched alkanes of at least 4 members (excludes halogenated alkanes) is 15. The summed E-state index contributed by atoms with van der Waals surface area (Å²) in [7, 11) is -4.80. The number of carbonyl (C=O) groups is 3. The predicted octanol–water partition coefficient (Wildman–Crippen LogP) is 10.7. The summed E-state index contributed by atoms with van der Waals surface area (Å²) < 4.78 is 32.6. The van der Waals surface area contributed by atoms with Gasteiger partial charge in [0.1, 0.15) is 12.6 Å². The Kier molecular flexibility index (Phi) is 40.1. The van der Waals surface area contributed by atoms with E-state index >= 15 is 0 Å². The summed E-state index contributed by atoms with van der Waals surface area (Å²) in [5.74, 6) is -2.71. The number of allylic oxidation sites excluding steroid dienone is 9. The lowest BCUT2D eigenvalue weighted by molar-refractivity contribution is -0.161. The molecule has 0 aliphatic heterocycles. The lowest BCUT2D eigenvalue weighted by atomic mass is 10.0. The molecule has 14 heteroatoms. The minimum Gasteiger partial charge on any atom is -0.480 e. The highest BCUT2D eigenvalue weighted by molar-refractivity contribution is 7.47. The van der Waals surface area contributed by atoms with Gasteiger partial charge in [-0.15, -0.1) is 0 Å². The molecule has 358 valence electrons. The van der Waals surface area contributed by atoms with Gasteiger partial charge in [-0.3, -0.25) is 23.4 Å². The van der Waals surface area contributed by atoms with Crippen LogP contribution in [0.1, 0.15) is 181 Å². The van der Waals surface area contributed by atoms with Gasteiger partial charge in [0.15, 0.2) is 6.10 Å². The van der Waals surface area contributed by atoms with Gasteiger partial charge in [-0.2, -0.15) is 0 Å². The number of aliphatic carboxylic acids is 1. The van der Waals surface area contributed by atoms with Gasteiger partial charge in [-0.25, -0.2) is 4.57 Å². The number of phosphoric ester groups is 1. The molecule has 62 heavy (non-hydrogen) atoms. The number of esters is 2. The van der Waals surface area contributed by atoms with Crippen LogP contribution >= 0.6 is 7.82 Å². The third-order valence-corrected chi connectivity index (χ3v) is 10.9. The average molecular weight is 898 g/mol. The van der Waals surface area contributed by atoms with Crippen LogP contribution in [-0.2, 0) is 37.5 Å². The van der Waals surface area contributed by atoms with Gasteiger partial charge in [0.05, 0.1) is 25.4 Å². The van der Waals surface area contributed by atoms with Gasteiger partial charge < -0.3 is 35.4 Å². The molecule has 0 aliphatic carbocycles. The Morgan fingerprint density at radius 2 is 1.02 bits per heavy atom. The number of phosphoric acid groups is 1. The highest BCUT2D eigenvalue weighted by Gasteiger charge is 2.28. The minimum atomic E-state index is -4.80. The van der Waals surface area contributed by atoms with Crippen molar-refractivity contribution in [3.63, 3.8) is 0 Å². The first-order valence-corrected chi connectivity index (χ1v) is 25.0. The Morgan fingerprint density at radius 1 is 0.565 bits per heavy atom. The summed E-state index contributed by atoms with van der Waals surface area (Å²) in [5, 5.41) is 29.7. The monoisotopic (exact) mass is 898 g/mol. The van der Waals surface area contributed by atoms with Gasteiger partial charge >= 0.3 is 25.7 Å². The van der Waals surface area contributed by atoms with Crippen molar-refractivity contribution in [1.29, 1.82) is 0 Å². The zero-order valence-electron chi connectivity index (χ0n) is 38.2. The molecule has 13 nitrogen and oxygen atoms in total. The van der Waals surface area contributed by atoms with Crippen LogP contribution in [0.2, 0.25) is 0 Å². The van der Waals surface area contributed by atoms with Crippen LogP contribution in [0.25, 0.3) is 0 Å². The quantitative estimate of drug-likeness (QED) is 0.0167. The molecule has 0 aromatic heterocycles. The molecule has 0 spiro atoms. The minimum absolute atomic E-state index is 0.115. The van der Waals surface area contributed by atoms with Crippen molar-refractivity contribution in [2.45, 2.75) is 205 Å². The lowest BCUT2D eigenvalue weighted by Crippen LogP contribution is -2.34. The number of rotatable bonds is 43. The number of carboxylic acids is 1. The van der Waals surface area contributed by atoms with Crippen molar-refractivity contribution in [3.05, 3.63) is 60.8 Å². The standard InChI is InChI=1S/C48H84NO12P/c1-3-5-7-9-11-13-15-17-18-19-20-21-22-23-25-27-29-31-33-37-46(52)58-39-42(40-59-62(56,57)60-41-43(49)48(54)55)61-47(53)38-34-36-45(51)44(50)35-32-30-28-26-24-16-14-12-10-8-6-4-2/h11-14,17-18,24,26,30,32,42-45,50-51H,3-10,15-16,19-23,25,27-29,31,33-41,49H2,1-2H3,(H,54,55)(H,56,57)/b13-11-,14-12-,18-17-,26-24-,32-30-/t42-,43+,44?,45?/m1/s1. The smallest absolute Gasteiger partial charge is 0.472 e. The molecule has 0 amide bonds. The molecular formula is C48H84NO12P. The van der Waals surface area contributed by atoms with Crippen LogP contribution in [0.5, 0.6) is 0 Å². The molecule has 0 aliphatic rings. The van der Waals surface area contributed by atoms with Gasteiger partial charge in [-0.1, -0.05) is 145 Å². The number of carboxylic acid groups (broad SMARTS) is 1. The fourth-order valence-corrected chi connectivity index (χ4v) is 6.86. The topological polar surface area (TPSA) is 212 Å². The third-order valence-electron chi connectivity index (χ3n) is 9.94. The summed E-state index contributed by atoms with van der Waals surface area (Å²) in [6.07, 6.45) is 41.6. The summed E-state index contributed by atoms with van der Waals surface area (Å²) in [4.78, 5) is 46.1. The third kappa shape index (κ3) is 39.9. The van der Waals surface area contributed by atoms with E-state index in [2.05, 4.69) is 60.9 Å². The van der Waals surface area contributed by atoms with E-state index in [-0.39, 0.29) is 32.1 Å². The van der Waals surface area contributed by atoms with Crippen LogP contribution < -0.4 is 5.73 Å². The van der Waals surface area contributed by atoms with Crippen LogP contribution in [0.3, 0.4) is 0 Å².